The smallest absolute Gasteiger partial charge is 0.271 e. The van der Waals surface area contributed by atoms with Crippen LogP contribution < -0.4 is 20.9 Å². The number of carbonyl (C=O) groups is 1. The van der Waals surface area contributed by atoms with E-state index in [4.69, 9.17) is 25.7 Å². The molecule has 4 N–H and O–H groups in total. The monoisotopic (exact) mass is 483 g/mol. The predicted molar refractivity (Wildman–Crippen MR) is 111 cm³/mol. The summed E-state index contributed by atoms with van der Waals surface area (Å²) >= 11 is 4.95. The molecule has 1 amide bonds. The van der Waals surface area contributed by atoms with Gasteiger partial charge in [-0.3, -0.25) is 9.69 Å². The first kappa shape index (κ1) is 20.3. The minimum absolute atomic E-state index is 0.0933. The lowest BCUT2D eigenvalue weighted by molar-refractivity contribution is 0.0369. The van der Waals surface area contributed by atoms with E-state index in [1.165, 1.54) is 11.8 Å². The van der Waals surface area contributed by atoms with E-state index >= 15 is 0 Å². The summed E-state index contributed by atoms with van der Waals surface area (Å²) in [6.07, 6.45) is 0.870. The maximum atomic E-state index is 11.8. The van der Waals surface area contributed by atoms with E-state index in [0.29, 0.717) is 29.0 Å². The van der Waals surface area contributed by atoms with Gasteiger partial charge in [-0.15, -0.1) is 0 Å². The summed E-state index contributed by atoms with van der Waals surface area (Å²) in [7, 11) is 0. The number of anilines is 1. The number of hydrogen-bond donors (Lipinski definition) is 2. The second-order valence-electron chi connectivity index (χ2n) is 6.69. The summed E-state index contributed by atoms with van der Waals surface area (Å²) in [5, 5.41) is 0.609. The van der Waals surface area contributed by atoms with Crippen LogP contribution in [0.1, 0.15) is 16.9 Å². The van der Waals surface area contributed by atoms with Gasteiger partial charge >= 0.3 is 0 Å². The standard InChI is InChI=1S/C18H22BrN5O4S/c19-11-8-12-13(28-10-27-12)9-14(11)29-18-22-15(17(21)25)16(20)24(18)3-1-2-23-4-6-26-7-5-23/h8-9H,1-7,10,20H2,(H2,21,25). The van der Waals surface area contributed by atoms with Gasteiger partial charge in [-0.25, -0.2) is 4.98 Å². The second kappa shape index (κ2) is 8.82. The number of nitrogens with zero attached hydrogens (tertiary/aromatic N) is 3. The molecule has 4 rings (SSSR count). The summed E-state index contributed by atoms with van der Waals surface area (Å²) < 4.78 is 18.9. The molecule has 0 saturated carbocycles. The van der Waals surface area contributed by atoms with Crippen LogP contribution in [-0.4, -0.2) is 60.0 Å². The number of benzene rings is 1. The van der Waals surface area contributed by atoms with Crippen LogP contribution >= 0.6 is 27.7 Å². The highest BCUT2D eigenvalue weighted by Crippen LogP contribution is 2.43. The molecule has 0 bridgehead atoms. The van der Waals surface area contributed by atoms with Gasteiger partial charge in [0.15, 0.2) is 22.3 Å². The normalized spacial score (nSPS) is 16.3. The molecule has 2 aromatic rings. The van der Waals surface area contributed by atoms with E-state index in [-0.39, 0.29) is 12.5 Å². The van der Waals surface area contributed by atoms with Crippen molar-refractivity contribution in [2.75, 3.05) is 45.4 Å². The van der Waals surface area contributed by atoms with Crippen LogP contribution in [0.25, 0.3) is 0 Å². The molecule has 156 valence electrons. The van der Waals surface area contributed by atoms with Crippen LogP contribution in [-0.2, 0) is 11.3 Å². The molecule has 2 aliphatic rings. The molecule has 0 radical (unpaired) electrons. The SMILES string of the molecule is NC(=O)c1nc(Sc2cc3c(cc2Br)OCO3)n(CCCN2CCOCC2)c1N. The Morgan fingerprint density at radius 3 is 2.66 bits per heavy atom. The number of carbonyl (C=O) groups excluding carboxylic acids is 1. The van der Waals surface area contributed by atoms with Crippen LogP contribution in [0.4, 0.5) is 5.82 Å². The van der Waals surface area contributed by atoms with E-state index in [9.17, 15) is 4.79 Å². The molecule has 1 saturated heterocycles. The summed E-state index contributed by atoms with van der Waals surface area (Å²) in [6, 6.07) is 3.73. The van der Waals surface area contributed by atoms with Gasteiger partial charge in [0.05, 0.1) is 13.2 Å². The maximum absolute atomic E-state index is 11.8. The van der Waals surface area contributed by atoms with Crippen LogP contribution in [0.3, 0.4) is 0 Å². The number of amides is 1. The summed E-state index contributed by atoms with van der Waals surface area (Å²) in [4.78, 5) is 19.4. The lowest BCUT2D eigenvalue weighted by Crippen LogP contribution is -2.37. The van der Waals surface area contributed by atoms with Gasteiger partial charge in [-0.1, -0.05) is 11.8 Å². The van der Waals surface area contributed by atoms with Crippen LogP contribution in [0.5, 0.6) is 11.5 Å². The summed E-state index contributed by atoms with van der Waals surface area (Å²) in [5.41, 5.74) is 11.8. The first-order valence-corrected chi connectivity index (χ1v) is 10.9. The third-order valence-electron chi connectivity index (χ3n) is 4.79. The quantitative estimate of drug-likeness (QED) is 0.612. The Kier molecular flexibility index (Phi) is 6.18. The second-order valence-corrected chi connectivity index (χ2v) is 8.55. The van der Waals surface area contributed by atoms with Crippen molar-refractivity contribution in [1.82, 2.24) is 14.5 Å². The maximum Gasteiger partial charge on any atom is 0.271 e. The van der Waals surface area contributed by atoms with Gasteiger partial charge in [-0.2, -0.15) is 0 Å². The van der Waals surface area contributed by atoms with Crippen LogP contribution in [0.2, 0.25) is 0 Å². The van der Waals surface area contributed by atoms with Gasteiger partial charge in [0.25, 0.3) is 5.91 Å². The van der Waals surface area contributed by atoms with Gasteiger partial charge < -0.3 is 30.2 Å². The third-order valence-corrected chi connectivity index (χ3v) is 6.76. The fraction of sp³-hybridized carbons (Fsp3) is 0.444. The van der Waals surface area contributed by atoms with Crippen molar-refractivity contribution < 1.29 is 19.0 Å². The van der Waals surface area contributed by atoms with Crippen LogP contribution in [0.15, 0.2) is 26.7 Å². The molecule has 0 spiro atoms. The highest BCUT2D eigenvalue weighted by atomic mass is 79.9. The number of hydrogen-bond acceptors (Lipinski definition) is 8. The lowest BCUT2D eigenvalue weighted by atomic mass is 10.3. The number of imidazole rings is 1. The third kappa shape index (κ3) is 4.47. The molecule has 11 heteroatoms. The number of halogens is 1. The Balaban J connectivity index is 1.54. The molecule has 0 aliphatic carbocycles. The van der Waals surface area contributed by atoms with Crippen molar-refractivity contribution in [3.63, 3.8) is 0 Å². The summed E-state index contributed by atoms with van der Waals surface area (Å²) in [5.74, 6) is 1.01. The Hall–Kier alpha value is -1.95. The molecular weight excluding hydrogens is 462 g/mol. The summed E-state index contributed by atoms with van der Waals surface area (Å²) in [6.45, 7) is 5.13. The highest BCUT2D eigenvalue weighted by Gasteiger charge is 2.22. The predicted octanol–water partition coefficient (Wildman–Crippen LogP) is 1.93. The number of primary amides is 1. The number of rotatable bonds is 7. The van der Waals surface area contributed by atoms with Gasteiger partial charge in [0.1, 0.15) is 5.82 Å². The zero-order valence-corrected chi connectivity index (χ0v) is 18.1. The molecule has 2 aliphatic heterocycles. The highest BCUT2D eigenvalue weighted by molar-refractivity contribution is 9.10. The van der Waals surface area contributed by atoms with Crippen molar-refractivity contribution in [2.45, 2.75) is 23.0 Å². The molecule has 0 unspecified atom stereocenters. The van der Waals surface area contributed by atoms with Crippen LogP contribution in [0, 0.1) is 0 Å². The Labute approximate surface area is 180 Å². The molecular formula is C18H22BrN5O4S. The number of nitrogen functional groups attached to an aromatic ring is 1. The van der Waals surface area contributed by atoms with Crippen molar-refractivity contribution in [2.24, 2.45) is 5.73 Å². The van der Waals surface area contributed by atoms with E-state index < -0.39 is 5.91 Å². The first-order chi connectivity index (χ1) is 14.0. The van der Waals surface area contributed by atoms with E-state index in [1.807, 2.05) is 16.7 Å². The number of morpholine rings is 1. The van der Waals surface area contributed by atoms with Crippen molar-refractivity contribution in [3.05, 3.63) is 22.3 Å². The minimum Gasteiger partial charge on any atom is -0.454 e. The van der Waals surface area contributed by atoms with E-state index in [2.05, 4.69) is 25.8 Å². The van der Waals surface area contributed by atoms with Gasteiger partial charge in [-0.05, 0) is 34.5 Å². The zero-order valence-electron chi connectivity index (χ0n) is 15.7. The lowest BCUT2D eigenvalue weighted by Gasteiger charge is -2.26. The first-order valence-electron chi connectivity index (χ1n) is 9.26. The zero-order chi connectivity index (χ0) is 20.4. The molecule has 0 atom stereocenters. The van der Waals surface area contributed by atoms with E-state index in [0.717, 1.165) is 48.6 Å². The molecule has 9 nitrogen and oxygen atoms in total. The molecule has 1 fully saturated rings. The Bertz CT molecular complexity index is 916. The molecule has 3 heterocycles. The topological polar surface area (TPSA) is 118 Å². The molecule has 1 aromatic carbocycles. The fourth-order valence-corrected chi connectivity index (χ4v) is 4.79. The fourth-order valence-electron chi connectivity index (χ4n) is 3.27. The van der Waals surface area contributed by atoms with Crippen molar-refractivity contribution in [1.29, 1.82) is 0 Å². The number of ether oxygens (including phenoxy) is 3. The largest absolute Gasteiger partial charge is 0.454 e. The Morgan fingerprint density at radius 1 is 1.21 bits per heavy atom. The number of fused-ring (bicyclic) bond motifs is 1. The van der Waals surface area contributed by atoms with E-state index in [1.54, 1.807) is 0 Å². The van der Waals surface area contributed by atoms with Gasteiger partial charge in [0, 0.05) is 35.5 Å². The average Bonchev–Trinajstić information content (AvgIpc) is 3.28. The average molecular weight is 484 g/mol. The van der Waals surface area contributed by atoms with Gasteiger partial charge in [0.2, 0.25) is 6.79 Å². The van der Waals surface area contributed by atoms with Crippen molar-refractivity contribution in [3.8, 4) is 11.5 Å². The molecule has 1 aromatic heterocycles. The Morgan fingerprint density at radius 2 is 1.93 bits per heavy atom. The minimum atomic E-state index is -0.638. The molecule has 29 heavy (non-hydrogen) atoms. The number of aromatic nitrogens is 2. The van der Waals surface area contributed by atoms with Crippen molar-refractivity contribution >= 4 is 39.4 Å². The number of nitrogens with two attached hydrogens (primary N) is 2.